The molecule has 1 saturated heterocycles. The summed E-state index contributed by atoms with van der Waals surface area (Å²) in [5, 5.41) is 21.3. The third-order valence-electron chi connectivity index (χ3n) is 4.11. The smallest absolute Gasteiger partial charge is 0.134 e. The number of fused-ring (bicyclic) bond motifs is 1. The van der Waals surface area contributed by atoms with E-state index in [1.807, 2.05) is 18.2 Å². The number of nitrogens with one attached hydrogen (secondary N) is 2. The molecule has 1 aromatic heterocycles. The predicted molar refractivity (Wildman–Crippen MR) is 90.1 cm³/mol. The summed E-state index contributed by atoms with van der Waals surface area (Å²) in [5.41, 5.74) is 2.79. The molecule has 0 unspecified atom stereocenters. The van der Waals surface area contributed by atoms with E-state index in [0.717, 1.165) is 47.3 Å². The van der Waals surface area contributed by atoms with Gasteiger partial charge in [-0.05, 0) is 48.4 Å². The monoisotopic (exact) mass is 329 g/mol. The molecule has 0 amide bonds. The Balaban J connectivity index is 1.78. The summed E-state index contributed by atoms with van der Waals surface area (Å²) in [7, 11) is 0. The van der Waals surface area contributed by atoms with Crippen molar-refractivity contribution in [3.8, 4) is 22.6 Å². The number of halogens is 1. The van der Waals surface area contributed by atoms with Crippen molar-refractivity contribution in [2.24, 2.45) is 0 Å². The number of rotatable bonds is 3. The minimum absolute atomic E-state index is 0.0755. The Morgan fingerprint density at radius 3 is 2.91 bits per heavy atom. The van der Waals surface area contributed by atoms with E-state index in [9.17, 15) is 5.11 Å². The molecular formula is C17H16ClN3O2. The highest BCUT2D eigenvalue weighted by Crippen LogP contribution is 2.35. The highest BCUT2D eigenvalue weighted by atomic mass is 35.5. The second-order valence-electron chi connectivity index (χ2n) is 5.70. The van der Waals surface area contributed by atoms with Crippen molar-refractivity contribution in [3.05, 3.63) is 41.6 Å². The fraction of sp³-hybridized carbons (Fsp3) is 0.235. The topological polar surface area (TPSA) is 70.2 Å². The van der Waals surface area contributed by atoms with Gasteiger partial charge >= 0.3 is 0 Å². The Labute approximate surface area is 138 Å². The van der Waals surface area contributed by atoms with Gasteiger partial charge in [0.2, 0.25) is 0 Å². The Morgan fingerprint density at radius 2 is 2.13 bits per heavy atom. The summed E-state index contributed by atoms with van der Waals surface area (Å²) >= 11 is 6.03. The van der Waals surface area contributed by atoms with Crippen LogP contribution in [0, 0.1) is 0 Å². The van der Waals surface area contributed by atoms with Crippen LogP contribution in [0.4, 0.5) is 0 Å². The predicted octanol–water partition coefficient (Wildman–Crippen LogP) is 3.33. The van der Waals surface area contributed by atoms with Crippen LogP contribution in [0.15, 0.2) is 36.5 Å². The quantitative estimate of drug-likeness (QED) is 0.689. The van der Waals surface area contributed by atoms with Crippen molar-refractivity contribution < 1.29 is 9.84 Å². The SMILES string of the molecule is Oc1ccc(-c2cc(O[C@H]3CCNC3)c3cn[nH]c3c2)cc1Cl. The minimum atomic E-state index is 0.0755. The number of hydrogen-bond donors (Lipinski definition) is 3. The lowest BCUT2D eigenvalue weighted by Crippen LogP contribution is -2.19. The van der Waals surface area contributed by atoms with Crippen LogP contribution in [0.25, 0.3) is 22.0 Å². The van der Waals surface area contributed by atoms with Gasteiger partial charge in [0.05, 0.1) is 22.1 Å². The number of H-pyrrole nitrogens is 1. The molecule has 0 saturated carbocycles. The number of aromatic nitrogens is 2. The molecule has 3 aromatic rings. The molecule has 2 heterocycles. The zero-order chi connectivity index (χ0) is 15.8. The third-order valence-corrected chi connectivity index (χ3v) is 4.41. The molecule has 0 spiro atoms. The van der Waals surface area contributed by atoms with Crippen molar-refractivity contribution in [3.63, 3.8) is 0 Å². The zero-order valence-corrected chi connectivity index (χ0v) is 13.1. The molecule has 6 heteroatoms. The van der Waals surface area contributed by atoms with Gasteiger partial charge in [-0.15, -0.1) is 0 Å². The number of nitrogens with zero attached hydrogens (tertiary/aromatic N) is 1. The number of aromatic hydroxyl groups is 1. The lowest BCUT2D eigenvalue weighted by molar-refractivity contribution is 0.226. The van der Waals surface area contributed by atoms with Crippen LogP contribution in [0.1, 0.15) is 6.42 Å². The zero-order valence-electron chi connectivity index (χ0n) is 12.3. The van der Waals surface area contributed by atoms with Crippen molar-refractivity contribution in [2.45, 2.75) is 12.5 Å². The van der Waals surface area contributed by atoms with Crippen LogP contribution in [-0.2, 0) is 0 Å². The molecule has 1 aliphatic heterocycles. The second-order valence-corrected chi connectivity index (χ2v) is 6.11. The minimum Gasteiger partial charge on any atom is -0.506 e. The number of benzene rings is 2. The summed E-state index contributed by atoms with van der Waals surface area (Å²) in [6.45, 7) is 1.83. The van der Waals surface area contributed by atoms with Gasteiger partial charge in [0.25, 0.3) is 0 Å². The first-order chi connectivity index (χ1) is 11.2. The van der Waals surface area contributed by atoms with E-state index < -0.39 is 0 Å². The second kappa shape index (κ2) is 5.76. The van der Waals surface area contributed by atoms with E-state index in [-0.39, 0.29) is 11.9 Å². The summed E-state index contributed by atoms with van der Waals surface area (Å²) in [4.78, 5) is 0. The van der Waals surface area contributed by atoms with Crippen molar-refractivity contribution in [1.29, 1.82) is 0 Å². The molecule has 118 valence electrons. The van der Waals surface area contributed by atoms with E-state index in [0.29, 0.717) is 5.02 Å². The Kier molecular flexibility index (Phi) is 3.59. The highest BCUT2D eigenvalue weighted by molar-refractivity contribution is 6.32. The Bertz CT molecular complexity index is 856. The van der Waals surface area contributed by atoms with Crippen molar-refractivity contribution >= 4 is 22.5 Å². The number of hydrogen-bond acceptors (Lipinski definition) is 4. The molecule has 1 atom stereocenters. The van der Waals surface area contributed by atoms with Crippen LogP contribution in [0.2, 0.25) is 5.02 Å². The van der Waals surface area contributed by atoms with E-state index in [2.05, 4.69) is 15.5 Å². The van der Waals surface area contributed by atoms with E-state index in [1.165, 1.54) is 0 Å². The number of phenolic OH excluding ortho intramolecular Hbond substituents is 1. The fourth-order valence-electron chi connectivity index (χ4n) is 2.88. The van der Waals surface area contributed by atoms with Gasteiger partial charge in [0, 0.05) is 6.54 Å². The normalized spacial score (nSPS) is 17.7. The van der Waals surface area contributed by atoms with E-state index >= 15 is 0 Å². The molecule has 23 heavy (non-hydrogen) atoms. The Morgan fingerprint density at radius 1 is 1.22 bits per heavy atom. The van der Waals surface area contributed by atoms with Gasteiger partial charge in [-0.3, -0.25) is 5.10 Å². The molecule has 0 radical (unpaired) electrons. The van der Waals surface area contributed by atoms with Crippen molar-refractivity contribution in [1.82, 2.24) is 15.5 Å². The van der Waals surface area contributed by atoms with Gasteiger partial charge in [0.1, 0.15) is 17.6 Å². The van der Waals surface area contributed by atoms with Crippen LogP contribution in [-0.4, -0.2) is 34.5 Å². The van der Waals surface area contributed by atoms with E-state index in [4.69, 9.17) is 16.3 Å². The molecule has 5 nitrogen and oxygen atoms in total. The van der Waals surface area contributed by atoms with Gasteiger partial charge in [0.15, 0.2) is 0 Å². The molecule has 4 rings (SSSR count). The first kappa shape index (κ1) is 14.4. The van der Waals surface area contributed by atoms with Gasteiger partial charge in [-0.2, -0.15) is 5.10 Å². The highest BCUT2D eigenvalue weighted by Gasteiger charge is 2.18. The average Bonchev–Trinajstić information content (AvgIpc) is 3.21. The lowest BCUT2D eigenvalue weighted by Gasteiger charge is -2.15. The maximum atomic E-state index is 9.59. The maximum absolute atomic E-state index is 9.59. The van der Waals surface area contributed by atoms with Crippen molar-refractivity contribution in [2.75, 3.05) is 13.1 Å². The summed E-state index contributed by atoms with van der Waals surface area (Å²) in [6.07, 6.45) is 2.95. The van der Waals surface area contributed by atoms with Gasteiger partial charge in [-0.25, -0.2) is 0 Å². The number of phenols is 1. The summed E-state index contributed by atoms with van der Waals surface area (Å²) in [6, 6.07) is 9.18. The molecular weight excluding hydrogens is 314 g/mol. The van der Waals surface area contributed by atoms with Gasteiger partial charge in [-0.1, -0.05) is 17.7 Å². The molecule has 0 aliphatic carbocycles. The molecule has 2 aromatic carbocycles. The molecule has 1 fully saturated rings. The number of aromatic amines is 1. The van der Waals surface area contributed by atoms with Crippen LogP contribution in [0.5, 0.6) is 11.5 Å². The van der Waals surface area contributed by atoms with Gasteiger partial charge < -0.3 is 15.2 Å². The van der Waals surface area contributed by atoms with Crippen LogP contribution >= 0.6 is 11.6 Å². The largest absolute Gasteiger partial charge is 0.506 e. The lowest BCUT2D eigenvalue weighted by atomic mass is 10.0. The van der Waals surface area contributed by atoms with Crippen LogP contribution in [0.3, 0.4) is 0 Å². The maximum Gasteiger partial charge on any atom is 0.134 e. The van der Waals surface area contributed by atoms with E-state index in [1.54, 1.807) is 18.3 Å². The molecule has 1 aliphatic rings. The Hall–Kier alpha value is -2.24. The average molecular weight is 330 g/mol. The fourth-order valence-corrected chi connectivity index (χ4v) is 3.06. The third kappa shape index (κ3) is 2.73. The standard InChI is InChI=1S/C17H16ClN3O2/c18-14-5-10(1-2-16(14)22)11-6-15-13(9-20-21-15)17(7-11)23-12-3-4-19-8-12/h1-2,5-7,9,12,19,22H,3-4,8H2,(H,20,21)/t12-/m0/s1. The molecule has 0 bridgehead atoms. The first-order valence-electron chi connectivity index (χ1n) is 7.54. The first-order valence-corrected chi connectivity index (χ1v) is 7.92. The summed E-state index contributed by atoms with van der Waals surface area (Å²) < 4.78 is 6.16. The molecule has 3 N–H and O–H groups in total. The summed E-state index contributed by atoms with van der Waals surface area (Å²) in [5.74, 6) is 0.885. The number of ether oxygens (including phenoxy) is 1. The van der Waals surface area contributed by atoms with Crippen LogP contribution < -0.4 is 10.1 Å².